The van der Waals surface area contributed by atoms with Crippen LogP contribution in [0.25, 0.3) is 11.1 Å². The average molecular weight is 565 g/mol. The zero-order valence-corrected chi connectivity index (χ0v) is 23.2. The molecule has 0 saturated heterocycles. The van der Waals surface area contributed by atoms with Gasteiger partial charge in [-0.3, -0.25) is 0 Å². The molecule has 2 aliphatic heterocycles. The molecule has 2 aromatic rings. The molecule has 0 amide bonds. The van der Waals surface area contributed by atoms with Crippen molar-refractivity contribution in [3.05, 3.63) is 23.5 Å². The van der Waals surface area contributed by atoms with Gasteiger partial charge in [0.15, 0.2) is 0 Å². The summed E-state index contributed by atoms with van der Waals surface area (Å²) in [6.45, 7) is 6.72. The van der Waals surface area contributed by atoms with Crippen molar-refractivity contribution >= 4 is 46.5 Å². The molecule has 2 aliphatic rings. The maximum absolute atomic E-state index is 12.5. The lowest BCUT2D eigenvalue weighted by molar-refractivity contribution is -0.215. The fourth-order valence-electron chi connectivity index (χ4n) is 3.81. The number of unbranched alkanes of at least 4 members (excludes halogenated alkanes) is 2. The predicted molar refractivity (Wildman–Crippen MR) is 141 cm³/mol. The summed E-state index contributed by atoms with van der Waals surface area (Å²) >= 11 is 2.14. The number of aromatic nitrogens is 4. The predicted octanol–water partition coefficient (Wildman–Crippen LogP) is 3.54. The van der Waals surface area contributed by atoms with Crippen molar-refractivity contribution in [1.29, 1.82) is 0 Å². The molecule has 14 heteroatoms. The van der Waals surface area contributed by atoms with Gasteiger partial charge in [0.05, 0.1) is 49.8 Å². The zero-order chi connectivity index (χ0) is 26.7. The van der Waals surface area contributed by atoms with Gasteiger partial charge in [-0.15, -0.1) is 18.9 Å². The maximum atomic E-state index is 12.5. The van der Waals surface area contributed by atoms with Crippen LogP contribution in [0.1, 0.15) is 63.8 Å². The van der Waals surface area contributed by atoms with Crippen LogP contribution in [0.4, 0.5) is 0 Å². The number of hydrogen-bond donors (Lipinski definition) is 0. The number of ether oxygens (including phenoxy) is 2. The van der Waals surface area contributed by atoms with Gasteiger partial charge < -0.3 is 19.1 Å². The van der Waals surface area contributed by atoms with Crippen molar-refractivity contribution in [3.63, 3.8) is 0 Å². The molecular weight excluding hydrogens is 532 g/mol. The summed E-state index contributed by atoms with van der Waals surface area (Å²) in [7, 11) is 0. The van der Waals surface area contributed by atoms with E-state index in [1.807, 2.05) is 12.2 Å². The minimum Gasteiger partial charge on any atom is -0.475 e. The van der Waals surface area contributed by atoms with Crippen molar-refractivity contribution in [1.82, 2.24) is 27.6 Å². The van der Waals surface area contributed by atoms with E-state index >= 15 is 0 Å². The minimum atomic E-state index is -1.09. The summed E-state index contributed by atoms with van der Waals surface area (Å²) in [6, 6.07) is 0. The van der Waals surface area contributed by atoms with Gasteiger partial charge >= 0.3 is 11.9 Å². The number of carbonyl (C=O) groups excluding carboxylic acids is 2. The van der Waals surface area contributed by atoms with E-state index in [2.05, 4.69) is 31.3 Å². The molecule has 4 heterocycles. The number of hydrogen-bond acceptors (Lipinski definition) is 14. The van der Waals surface area contributed by atoms with E-state index in [9.17, 15) is 9.59 Å². The third-order valence-corrected chi connectivity index (χ3v) is 6.84. The Hall–Kier alpha value is -2.94. The largest absolute Gasteiger partial charge is 0.475 e. The van der Waals surface area contributed by atoms with E-state index in [4.69, 9.17) is 19.1 Å². The highest BCUT2D eigenvalue weighted by molar-refractivity contribution is 6.99. The van der Waals surface area contributed by atoms with Gasteiger partial charge in [-0.25, -0.2) is 9.59 Å². The third-order valence-electron chi connectivity index (χ3n) is 5.82. The van der Waals surface area contributed by atoms with Crippen LogP contribution in [0.3, 0.4) is 0 Å². The van der Waals surface area contributed by atoms with Crippen molar-refractivity contribution in [2.45, 2.75) is 52.4 Å². The molecule has 0 aromatic carbocycles. The summed E-state index contributed by atoms with van der Waals surface area (Å²) in [6.07, 6.45) is 9.14. The second-order valence-corrected chi connectivity index (χ2v) is 9.82. The number of hydroxylamine groups is 4. The molecule has 4 rings (SSSR count). The van der Waals surface area contributed by atoms with Crippen LogP contribution in [-0.2, 0) is 19.3 Å². The molecule has 0 bridgehead atoms. The lowest BCUT2D eigenvalue weighted by atomic mass is 10.1. The second-order valence-electron chi connectivity index (χ2n) is 8.76. The van der Waals surface area contributed by atoms with Gasteiger partial charge in [0, 0.05) is 13.1 Å². The molecule has 38 heavy (non-hydrogen) atoms. The molecule has 2 aromatic heterocycles. The summed E-state index contributed by atoms with van der Waals surface area (Å²) < 4.78 is 28.7. The number of carbonyl (C=O) groups is 2. The summed E-state index contributed by atoms with van der Waals surface area (Å²) in [5.41, 5.74) is 2.93. The Balaban J connectivity index is 1.28. The first-order chi connectivity index (χ1) is 18.6. The molecule has 12 nitrogen and oxygen atoms in total. The normalized spacial score (nSPS) is 16.5. The zero-order valence-electron chi connectivity index (χ0n) is 21.6. The van der Waals surface area contributed by atoms with Crippen LogP contribution in [0.15, 0.2) is 12.2 Å². The van der Waals surface area contributed by atoms with E-state index in [-0.39, 0.29) is 13.1 Å². The van der Waals surface area contributed by atoms with Crippen LogP contribution in [-0.4, -0.2) is 79.0 Å². The Morgan fingerprint density at radius 2 is 1.21 bits per heavy atom. The highest BCUT2D eigenvalue weighted by Gasteiger charge is 2.29. The Bertz CT molecular complexity index is 1060. The highest BCUT2D eigenvalue weighted by atomic mass is 32.1. The highest BCUT2D eigenvalue weighted by Crippen LogP contribution is 2.29. The van der Waals surface area contributed by atoms with Crippen molar-refractivity contribution < 1.29 is 28.7 Å². The quantitative estimate of drug-likeness (QED) is 0.276. The third kappa shape index (κ3) is 7.56. The first kappa shape index (κ1) is 28.1. The minimum absolute atomic E-state index is 0.267. The fraction of sp³-hybridized carbons (Fsp3) is 0.583. The van der Waals surface area contributed by atoms with Gasteiger partial charge in [-0.2, -0.15) is 8.75 Å². The molecule has 0 N–H and O–H groups in total. The van der Waals surface area contributed by atoms with E-state index < -0.39 is 11.9 Å². The first-order valence-corrected chi connectivity index (χ1v) is 14.3. The molecule has 0 radical (unpaired) electrons. The van der Waals surface area contributed by atoms with Crippen molar-refractivity contribution in [2.75, 3.05) is 39.4 Å². The summed E-state index contributed by atoms with van der Waals surface area (Å²) in [4.78, 5) is 35.8. The Morgan fingerprint density at radius 1 is 0.763 bits per heavy atom. The van der Waals surface area contributed by atoms with Gasteiger partial charge in [-0.05, 0) is 36.8 Å². The van der Waals surface area contributed by atoms with Gasteiger partial charge in [0.2, 0.25) is 0 Å². The lowest BCUT2D eigenvalue weighted by Crippen LogP contribution is -2.39. The maximum Gasteiger partial charge on any atom is 0.438 e. The van der Waals surface area contributed by atoms with E-state index in [1.54, 1.807) is 0 Å². The molecule has 206 valence electrons. The van der Waals surface area contributed by atoms with Crippen LogP contribution in [0.5, 0.6) is 11.8 Å². The number of rotatable bonds is 12. The van der Waals surface area contributed by atoms with E-state index in [1.165, 1.54) is 10.1 Å². The van der Waals surface area contributed by atoms with E-state index in [0.29, 0.717) is 62.3 Å². The smallest absolute Gasteiger partial charge is 0.438 e. The first-order valence-electron chi connectivity index (χ1n) is 12.8. The molecule has 0 unspecified atom stereocenters. The molecule has 0 fully saturated rings. The monoisotopic (exact) mass is 564 g/mol. The van der Waals surface area contributed by atoms with Crippen LogP contribution < -0.4 is 9.47 Å². The molecule has 0 aliphatic carbocycles. The standard InChI is InChI=1S/C24H32N6O6S2/c1-3-5-13-33-21-19(25-37-27-21)17-9-7-11-29(15-17)35-23(31)24(32)36-30-12-8-10-18(16-30)20-22(28-38-26-20)34-14-6-4-2/h9-10H,3-8,11-16H2,1-2H3. The van der Waals surface area contributed by atoms with Gasteiger partial charge in [0.25, 0.3) is 11.8 Å². The lowest BCUT2D eigenvalue weighted by Gasteiger charge is -2.27. The topological polar surface area (TPSA) is 129 Å². The van der Waals surface area contributed by atoms with Gasteiger partial charge in [-0.1, -0.05) is 38.8 Å². The SMILES string of the molecule is CCCCOc1nsnc1C1=CCCN(OC(=O)C(=O)ON2CCC=C(c3nsnc3OCCCC)C2)C1. The molecule has 0 saturated carbocycles. The van der Waals surface area contributed by atoms with Crippen molar-refractivity contribution in [3.8, 4) is 11.8 Å². The van der Waals surface area contributed by atoms with Crippen molar-refractivity contribution in [2.24, 2.45) is 0 Å². The Kier molecular flexibility index (Phi) is 10.6. The second kappa shape index (κ2) is 14.3. The molecule has 0 atom stereocenters. The van der Waals surface area contributed by atoms with Crippen LogP contribution in [0, 0.1) is 0 Å². The Morgan fingerprint density at radius 3 is 1.63 bits per heavy atom. The van der Waals surface area contributed by atoms with Crippen LogP contribution >= 0.6 is 23.5 Å². The number of nitrogens with zero attached hydrogens (tertiary/aromatic N) is 6. The Labute approximate surface area is 229 Å². The molecule has 0 spiro atoms. The van der Waals surface area contributed by atoms with Gasteiger partial charge in [0.1, 0.15) is 11.4 Å². The summed E-state index contributed by atoms with van der Waals surface area (Å²) in [5.74, 6) is -1.22. The van der Waals surface area contributed by atoms with Crippen LogP contribution in [0.2, 0.25) is 0 Å². The van der Waals surface area contributed by atoms with E-state index in [0.717, 1.165) is 60.3 Å². The average Bonchev–Trinajstić information content (AvgIpc) is 3.59. The fourth-order valence-corrected chi connectivity index (χ4v) is 4.87. The summed E-state index contributed by atoms with van der Waals surface area (Å²) in [5, 5.41) is 2.85. The molecular formula is C24H32N6O6S2.